The Morgan fingerprint density at radius 2 is 1.89 bits per heavy atom. The van der Waals surface area contributed by atoms with Crippen LogP contribution in [0.15, 0.2) is 42.5 Å². The van der Waals surface area contributed by atoms with Crippen LogP contribution in [0.3, 0.4) is 0 Å². The van der Waals surface area contributed by atoms with Crippen molar-refractivity contribution >= 4 is 23.0 Å². The van der Waals surface area contributed by atoms with Crippen LogP contribution in [-0.2, 0) is 0 Å². The van der Waals surface area contributed by atoms with Crippen molar-refractivity contribution in [3.05, 3.63) is 47.5 Å². The standard InChI is InChI=1S/C22H28ClN3O2/c23-17-7-8-22-20(15-17)26(19-5-1-2-6-21(19)28-22)12-4-3-11-25-13-10-24-16-18(25)9-14-27/h1-2,5-8,15,18,24,27H,3-4,9-14,16H2. The summed E-state index contributed by atoms with van der Waals surface area (Å²) in [5.74, 6) is 1.75. The number of benzene rings is 2. The first-order valence-corrected chi connectivity index (χ1v) is 10.5. The van der Waals surface area contributed by atoms with Crippen LogP contribution in [0.25, 0.3) is 0 Å². The molecule has 150 valence electrons. The third-order valence-electron chi connectivity index (χ3n) is 5.60. The molecule has 1 atom stereocenters. The minimum atomic E-state index is 0.255. The summed E-state index contributed by atoms with van der Waals surface area (Å²) in [4.78, 5) is 4.84. The van der Waals surface area contributed by atoms with Gasteiger partial charge in [-0.15, -0.1) is 0 Å². The van der Waals surface area contributed by atoms with E-state index in [9.17, 15) is 5.11 Å². The van der Waals surface area contributed by atoms with Crippen LogP contribution < -0.4 is 15.0 Å². The van der Waals surface area contributed by atoms with Crippen molar-refractivity contribution in [2.45, 2.75) is 25.3 Å². The maximum atomic E-state index is 9.30. The smallest absolute Gasteiger partial charge is 0.151 e. The van der Waals surface area contributed by atoms with Crippen LogP contribution >= 0.6 is 11.6 Å². The van der Waals surface area contributed by atoms with E-state index in [0.29, 0.717) is 6.04 Å². The zero-order valence-corrected chi connectivity index (χ0v) is 16.9. The molecular formula is C22H28ClN3O2. The molecule has 0 aliphatic carbocycles. The second kappa shape index (κ2) is 9.14. The number of nitrogens with zero attached hydrogens (tertiary/aromatic N) is 2. The highest BCUT2D eigenvalue weighted by molar-refractivity contribution is 6.31. The Morgan fingerprint density at radius 3 is 2.79 bits per heavy atom. The summed E-state index contributed by atoms with van der Waals surface area (Å²) in [6, 6.07) is 14.4. The van der Waals surface area contributed by atoms with E-state index in [4.69, 9.17) is 16.3 Å². The van der Waals surface area contributed by atoms with Crippen molar-refractivity contribution in [3.63, 3.8) is 0 Å². The molecule has 0 bridgehead atoms. The topological polar surface area (TPSA) is 48.0 Å². The zero-order valence-electron chi connectivity index (χ0n) is 16.1. The van der Waals surface area contributed by atoms with Crippen molar-refractivity contribution in [1.82, 2.24) is 10.2 Å². The molecule has 0 aromatic heterocycles. The van der Waals surface area contributed by atoms with Gasteiger partial charge >= 0.3 is 0 Å². The average molecular weight is 402 g/mol. The lowest BCUT2D eigenvalue weighted by atomic mass is 10.1. The number of nitrogens with one attached hydrogen (secondary N) is 1. The minimum absolute atomic E-state index is 0.255. The number of rotatable bonds is 7. The lowest BCUT2D eigenvalue weighted by Gasteiger charge is -2.36. The van der Waals surface area contributed by atoms with Crippen LogP contribution in [-0.4, -0.2) is 55.4 Å². The van der Waals surface area contributed by atoms with Gasteiger partial charge in [0, 0.05) is 43.9 Å². The van der Waals surface area contributed by atoms with Crippen LogP contribution in [0.4, 0.5) is 11.4 Å². The maximum absolute atomic E-state index is 9.30. The predicted octanol–water partition coefficient (Wildman–Crippen LogP) is 4.02. The second-order valence-electron chi connectivity index (χ2n) is 7.45. The molecule has 6 heteroatoms. The molecule has 2 N–H and O–H groups in total. The van der Waals surface area contributed by atoms with E-state index >= 15 is 0 Å². The van der Waals surface area contributed by atoms with Gasteiger partial charge in [-0.05, 0) is 56.1 Å². The Kier molecular flexibility index (Phi) is 6.37. The Bertz CT molecular complexity index is 799. The molecule has 4 rings (SSSR count). The van der Waals surface area contributed by atoms with Gasteiger partial charge in [0.05, 0.1) is 11.4 Å². The van der Waals surface area contributed by atoms with Crippen LogP contribution in [0.2, 0.25) is 5.02 Å². The number of anilines is 2. The number of aliphatic hydroxyl groups is 1. The Hall–Kier alpha value is -1.79. The number of unbranched alkanes of at least 4 members (excludes halogenated alkanes) is 1. The SMILES string of the molecule is OCCC1CNCCN1CCCCN1c2ccccc2Oc2ccc(Cl)cc21. The summed E-state index contributed by atoms with van der Waals surface area (Å²) >= 11 is 6.26. The molecule has 1 fully saturated rings. The molecule has 2 aliphatic rings. The van der Waals surface area contributed by atoms with Gasteiger partial charge in [-0.1, -0.05) is 23.7 Å². The number of piperazine rings is 1. The van der Waals surface area contributed by atoms with Crippen molar-refractivity contribution in [1.29, 1.82) is 0 Å². The van der Waals surface area contributed by atoms with Crippen molar-refractivity contribution in [3.8, 4) is 11.5 Å². The van der Waals surface area contributed by atoms with Gasteiger partial charge in [0.2, 0.25) is 0 Å². The fourth-order valence-corrected chi connectivity index (χ4v) is 4.33. The fraction of sp³-hybridized carbons (Fsp3) is 0.455. The van der Waals surface area contributed by atoms with Crippen molar-refractivity contribution in [2.24, 2.45) is 0 Å². The monoisotopic (exact) mass is 401 g/mol. The third kappa shape index (κ3) is 4.28. The van der Waals surface area contributed by atoms with Crippen LogP contribution in [0.1, 0.15) is 19.3 Å². The second-order valence-corrected chi connectivity index (χ2v) is 7.88. The van der Waals surface area contributed by atoms with Gasteiger partial charge in [0.25, 0.3) is 0 Å². The van der Waals surface area contributed by atoms with Gasteiger partial charge in [-0.2, -0.15) is 0 Å². The Balaban J connectivity index is 1.41. The van der Waals surface area contributed by atoms with E-state index in [1.54, 1.807) is 0 Å². The molecule has 2 aliphatic heterocycles. The van der Waals surface area contributed by atoms with Gasteiger partial charge < -0.3 is 20.1 Å². The quantitative estimate of drug-likeness (QED) is 0.686. The molecule has 1 saturated heterocycles. The summed E-state index contributed by atoms with van der Waals surface area (Å²) in [5, 5.41) is 13.5. The number of hydrogen-bond acceptors (Lipinski definition) is 5. The van der Waals surface area contributed by atoms with Crippen molar-refractivity contribution in [2.75, 3.05) is 44.2 Å². The van der Waals surface area contributed by atoms with Crippen LogP contribution in [0, 0.1) is 0 Å². The molecule has 2 aromatic rings. The molecule has 0 spiro atoms. The molecule has 0 radical (unpaired) electrons. The largest absolute Gasteiger partial charge is 0.453 e. The lowest BCUT2D eigenvalue weighted by Crippen LogP contribution is -2.51. The third-order valence-corrected chi connectivity index (χ3v) is 5.83. The number of ether oxygens (including phenoxy) is 1. The summed E-state index contributed by atoms with van der Waals surface area (Å²) < 4.78 is 6.07. The van der Waals surface area contributed by atoms with Gasteiger partial charge in [-0.3, -0.25) is 4.90 Å². The summed E-state index contributed by atoms with van der Waals surface area (Å²) in [6.07, 6.45) is 3.04. The first kappa shape index (κ1) is 19.5. The van der Waals surface area contributed by atoms with Crippen molar-refractivity contribution < 1.29 is 9.84 Å². The summed E-state index contributed by atoms with van der Waals surface area (Å²) in [6.45, 7) is 5.31. The van der Waals surface area contributed by atoms with Gasteiger partial charge in [0.1, 0.15) is 0 Å². The molecule has 0 saturated carbocycles. The van der Waals surface area contributed by atoms with Crippen LogP contribution in [0.5, 0.6) is 11.5 Å². The highest BCUT2D eigenvalue weighted by Crippen LogP contribution is 2.47. The molecule has 28 heavy (non-hydrogen) atoms. The predicted molar refractivity (Wildman–Crippen MR) is 114 cm³/mol. The first-order valence-electron chi connectivity index (χ1n) is 10.2. The van der Waals surface area contributed by atoms with Gasteiger partial charge in [0.15, 0.2) is 11.5 Å². The Labute approximate surface area is 171 Å². The molecule has 2 aromatic carbocycles. The number of halogens is 1. The zero-order chi connectivity index (χ0) is 19.3. The van der Waals surface area contributed by atoms with Gasteiger partial charge in [-0.25, -0.2) is 0 Å². The van der Waals surface area contributed by atoms with E-state index in [2.05, 4.69) is 21.2 Å². The molecule has 2 heterocycles. The highest BCUT2D eigenvalue weighted by Gasteiger charge is 2.25. The molecular weight excluding hydrogens is 374 g/mol. The normalized spacial score (nSPS) is 19.1. The highest BCUT2D eigenvalue weighted by atomic mass is 35.5. The van der Waals surface area contributed by atoms with E-state index in [0.717, 1.165) is 79.9 Å². The maximum Gasteiger partial charge on any atom is 0.151 e. The number of fused-ring (bicyclic) bond motifs is 2. The van der Waals surface area contributed by atoms with E-state index in [1.165, 1.54) is 0 Å². The van der Waals surface area contributed by atoms with E-state index in [-0.39, 0.29) is 6.61 Å². The lowest BCUT2D eigenvalue weighted by molar-refractivity contribution is 0.128. The number of aliphatic hydroxyl groups excluding tert-OH is 1. The Morgan fingerprint density at radius 1 is 1.07 bits per heavy atom. The molecule has 5 nitrogen and oxygen atoms in total. The summed E-state index contributed by atoms with van der Waals surface area (Å²) in [5.41, 5.74) is 2.13. The minimum Gasteiger partial charge on any atom is -0.453 e. The fourth-order valence-electron chi connectivity index (χ4n) is 4.16. The van der Waals surface area contributed by atoms with E-state index < -0.39 is 0 Å². The number of para-hydroxylation sites is 2. The number of hydrogen-bond donors (Lipinski definition) is 2. The van der Waals surface area contributed by atoms with E-state index in [1.807, 2.05) is 36.4 Å². The average Bonchev–Trinajstić information content (AvgIpc) is 2.72. The molecule has 1 unspecified atom stereocenters. The molecule has 0 amide bonds. The summed E-state index contributed by atoms with van der Waals surface area (Å²) in [7, 11) is 0. The first-order chi connectivity index (χ1) is 13.8.